The number of carbonyl (C=O) groups is 1. The van der Waals surface area contributed by atoms with Crippen LogP contribution in [-0.4, -0.2) is 33.1 Å². The van der Waals surface area contributed by atoms with Crippen LogP contribution in [0.3, 0.4) is 0 Å². The van der Waals surface area contributed by atoms with Crippen molar-refractivity contribution in [2.45, 2.75) is 90.5 Å². The minimum Gasteiger partial charge on any atom is -0.444 e. The first-order valence-electron chi connectivity index (χ1n) is 14.1. The minimum absolute atomic E-state index is 0.120. The second kappa shape index (κ2) is 12.5. The Morgan fingerprint density at radius 2 is 1.71 bits per heavy atom. The van der Waals surface area contributed by atoms with Crippen molar-refractivity contribution in [2.24, 2.45) is 5.41 Å². The highest BCUT2D eigenvalue weighted by atomic mass is 19.4. The second-order valence-corrected chi connectivity index (χ2v) is 12.6. The molecule has 14 heteroatoms. The molecule has 0 aliphatic carbocycles. The van der Waals surface area contributed by atoms with Gasteiger partial charge in [0.2, 0.25) is 5.60 Å². The van der Waals surface area contributed by atoms with Gasteiger partial charge in [-0.25, -0.2) is 9.78 Å². The predicted octanol–water partition coefficient (Wildman–Crippen LogP) is 8.78. The highest BCUT2D eigenvalue weighted by Gasteiger charge is 2.61. The average molecular weight is 641 g/mol. The Morgan fingerprint density at radius 3 is 2.33 bits per heavy atom. The lowest BCUT2D eigenvalue weighted by atomic mass is 9.82. The van der Waals surface area contributed by atoms with Crippen LogP contribution in [0.15, 0.2) is 53.0 Å². The number of alkyl halides is 6. The van der Waals surface area contributed by atoms with Gasteiger partial charge in [0.15, 0.2) is 5.69 Å². The Morgan fingerprint density at radius 1 is 1.02 bits per heavy atom. The molecule has 0 radical (unpaired) electrons. The SMILES string of the molecule is CC1(C)C/C=C\CC[C@](OCc2ccccc2)(C(F)(F)F)c2nnc(o2)-c2nc(c(C(F)(F)F)cc2NC(=O)OC(C)(C)C)C1. The molecule has 0 saturated carbocycles. The number of rotatable bonds is 4. The van der Waals surface area contributed by atoms with Crippen LogP contribution < -0.4 is 5.32 Å². The van der Waals surface area contributed by atoms with E-state index in [0.717, 1.165) is 0 Å². The predicted molar refractivity (Wildman–Crippen MR) is 152 cm³/mol. The molecule has 45 heavy (non-hydrogen) atoms. The molecular formula is C31H34F6N4O4. The lowest BCUT2D eigenvalue weighted by Gasteiger charge is -2.32. The van der Waals surface area contributed by atoms with Crippen LogP contribution in [0, 0.1) is 5.41 Å². The molecule has 0 saturated heterocycles. The van der Waals surface area contributed by atoms with Crippen molar-refractivity contribution in [2.75, 3.05) is 5.32 Å². The molecule has 1 aliphatic rings. The summed E-state index contributed by atoms with van der Waals surface area (Å²) in [6.45, 7) is 7.62. The third-order valence-corrected chi connectivity index (χ3v) is 6.95. The molecule has 1 amide bonds. The van der Waals surface area contributed by atoms with Crippen LogP contribution in [0.5, 0.6) is 0 Å². The number of anilines is 1. The summed E-state index contributed by atoms with van der Waals surface area (Å²) < 4.78 is 104. The Labute approximate surface area is 256 Å². The first kappa shape index (κ1) is 33.9. The van der Waals surface area contributed by atoms with Crippen LogP contribution in [0.1, 0.15) is 76.6 Å². The first-order chi connectivity index (χ1) is 20.8. The average Bonchev–Trinajstić information content (AvgIpc) is 3.38. The van der Waals surface area contributed by atoms with Crippen molar-refractivity contribution < 1.29 is 45.0 Å². The van der Waals surface area contributed by atoms with E-state index >= 15 is 0 Å². The molecule has 3 aromatic rings. The van der Waals surface area contributed by atoms with Gasteiger partial charge in [-0.05, 0) is 63.5 Å². The monoisotopic (exact) mass is 640 g/mol. The molecule has 4 rings (SSSR count). The number of fused-ring (bicyclic) bond motifs is 5. The van der Waals surface area contributed by atoms with E-state index in [0.29, 0.717) is 11.6 Å². The van der Waals surface area contributed by atoms with Crippen molar-refractivity contribution in [1.82, 2.24) is 15.2 Å². The maximum absolute atomic E-state index is 15.0. The fourth-order valence-corrected chi connectivity index (χ4v) is 4.78. The standard InChI is InChI=1S/C31H34F6N4O4/c1-27(2,3)45-26(42)39-21-16-20(30(32,33)34)22-17-28(4,5)14-10-7-11-15-29(31(35,36)37,43-18-19-12-8-6-9-13-19)25-41-40-24(44-25)23(21)38-22/h6-10,12-13,16H,11,14-15,17-18H2,1-5H3,(H,39,42)/b10-7-/t29-/m1/s1. The third-order valence-electron chi connectivity index (χ3n) is 6.95. The molecule has 0 unspecified atom stereocenters. The fraction of sp³-hybridized carbons (Fsp3) is 0.484. The van der Waals surface area contributed by atoms with Crippen LogP contribution in [0.4, 0.5) is 36.8 Å². The number of pyridine rings is 1. The van der Waals surface area contributed by atoms with Crippen LogP contribution in [0.25, 0.3) is 11.6 Å². The molecule has 1 aromatic carbocycles. The van der Waals surface area contributed by atoms with Gasteiger partial charge in [-0.1, -0.05) is 56.3 Å². The highest BCUT2D eigenvalue weighted by Crippen LogP contribution is 2.47. The molecule has 0 spiro atoms. The minimum atomic E-state index is -5.05. The lowest BCUT2D eigenvalue weighted by molar-refractivity contribution is -0.299. The summed E-state index contributed by atoms with van der Waals surface area (Å²) in [7, 11) is 0. The number of halogens is 6. The van der Waals surface area contributed by atoms with Gasteiger partial charge in [-0.3, -0.25) is 5.32 Å². The Bertz CT molecular complexity index is 1530. The number of hydrogen-bond acceptors (Lipinski definition) is 7. The van der Waals surface area contributed by atoms with E-state index in [2.05, 4.69) is 20.5 Å². The highest BCUT2D eigenvalue weighted by molar-refractivity contribution is 5.89. The number of nitrogens with zero attached hydrogens (tertiary/aromatic N) is 3. The van der Waals surface area contributed by atoms with Crippen molar-refractivity contribution in [3.05, 3.63) is 71.3 Å². The number of nitrogens with one attached hydrogen (secondary N) is 1. The van der Waals surface area contributed by atoms with Crippen LogP contribution >= 0.6 is 0 Å². The molecular weight excluding hydrogens is 606 g/mol. The van der Waals surface area contributed by atoms with Gasteiger partial charge < -0.3 is 13.9 Å². The van der Waals surface area contributed by atoms with E-state index in [1.807, 2.05) is 0 Å². The summed E-state index contributed by atoms with van der Waals surface area (Å²) in [6, 6.07) is 8.83. The fourth-order valence-electron chi connectivity index (χ4n) is 4.78. The van der Waals surface area contributed by atoms with Crippen LogP contribution in [-0.2, 0) is 34.3 Å². The van der Waals surface area contributed by atoms with Gasteiger partial charge in [0.05, 0.1) is 23.6 Å². The maximum Gasteiger partial charge on any atom is 0.426 e. The van der Waals surface area contributed by atoms with Gasteiger partial charge in [0, 0.05) is 0 Å². The molecule has 1 N–H and O–H groups in total. The lowest BCUT2D eigenvalue weighted by Crippen LogP contribution is -2.45. The number of carbonyl (C=O) groups excluding carboxylic acids is 1. The van der Waals surface area contributed by atoms with Gasteiger partial charge in [-0.2, -0.15) is 26.3 Å². The number of ether oxygens (including phenoxy) is 2. The maximum atomic E-state index is 15.0. The molecule has 1 aliphatic heterocycles. The summed E-state index contributed by atoms with van der Waals surface area (Å²) in [6.07, 6.45) is -8.60. The normalized spacial score (nSPS) is 19.8. The zero-order chi connectivity index (χ0) is 33.3. The number of amides is 1. The van der Waals surface area contributed by atoms with E-state index < -0.39 is 82.5 Å². The van der Waals surface area contributed by atoms with E-state index in [1.54, 1.807) is 71.0 Å². The van der Waals surface area contributed by atoms with Crippen LogP contribution in [0.2, 0.25) is 0 Å². The molecule has 8 nitrogen and oxygen atoms in total. The summed E-state index contributed by atoms with van der Waals surface area (Å²) >= 11 is 0. The van der Waals surface area contributed by atoms with Crippen molar-refractivity contribution >= 4 is 11.8 Å². The Balaban J connectivity index is 1.93. The Hall–Kier alpha value is -3.94. The van der Waals surface area contributed by atoms with Crippen molar-refractivity contribution in [3.8, 4) is 11.6 Å². The first-order valence-corrected chi connectivity index (χ1v) is 14.1. The van der Waals surface area contributed by atoms with Gasteiger partial charge in [0.1, 0.15) is 5.60 Å². The molecule has 3 heterocycles. The smallest absolute Gasteiger partial charge is 0.426 e. The van der Waals surface area contributed by atoms with Gasteiger partial charge in [-0.15, -0.1) is 10.2 Å². The molecule has 0 fully saturated rings. The van der Waals surface area contributed by atoms with Gasteiger partial charge >= 0.3 is 18.4 Å². The number of aromatic nitrogens is 3. The quantitative estimate of drug-likeness (QED) is 0.225. The molecule has 4 bridgehead atoms. The number of hydrogen-bond donors (Lipinski definition) is 1. The molecule has 1 atom stereocenters. The number of benzene rings is 1. The summed E-state index contributed by atoms with van der Waals surface area (Å²) in [4.78, 5) is 16.8. The molecule has 244 valence electrons. The summed E-state index contributed by atoms with van der Waals surface area (Å²) in [5, 5.41) is 9.67. The van der Waals surface area contributed by atoms with Crippen molar-refractivity contribution in [1.29, 1.82) is 0 Å². The summed E-state index contributed by atoms with van der Waals surface area (Å²) in [5.41, 5.74) is -6.98. The molecule has 2 aromatic heterocycles. The van der Waals surface area contributed by atoms with E-state index in [-0.39, 0.29) is 19.3 Å². The zero-order valence-electron chi connectivity index (χ0n) is 25.4. The van der Waals surface area contributed by atoms with E-state index in [4.69, 9.17) is 13.9 Å². The van der Waals surface area contributed by atoms with E-state index in [9.17, 15) is 31.1 Å². The largest absolute Gasteiger partial charge is 0.444 e. The number of allylic oxidation sites excluding steroid dienone is 2. The third kappa shape index (κ3) is 8.21. The van der Waals surface area contributed by atoms with E-state index in [1.165, 1.54) is 6.08 Å². The topological polar surface area (TPSA) is 99.4 Å². The Kier molecular flexibility index (Phi) is 9.39. The summed E-state index contributed by atoms with van der Waals surface area (Å²) in [5.74, 6) is -1.61. The zero-order valence-corrected chi connectivity index (χ0v) is 25.4. The van der Waals surface area contributed by atoms with Gasteiger partial charge in [0.25, 0.3) is 11.8 Å². The second-order valence-electron chi connectivity index (χ2n) is 12.6. The van der Waals surface area contributed by atoms with Crippen molar-refractivity contribution in [3.63, 3.8) is 0 Å².